The van der Waals surface area contributed by atoms with E-state index < -0.39 is 11.5 Å². The fourth-order valence-corrected chi connectivity index (χ4v) is 3.19. The summed E-state index contributed by atoms with van der Waals surface area (Å²) in [4.78, 5) is 22.9. The number of hydrogen-bond donors (Lipinski definition) is 3. The van der Waals surface area contributed by atoms with Gasteiger partial charge in [0.2, 0.25) is 0 Å². The predicted molar refractivity (Wildman–Crippen MR) is 76.5 cm³/mol. The Morgan fingerprint density at radius 1 is 1.20 bits per heavy atom. The van der Waals surface area contributed by atoms with E-state index in [1.807, 2.05) is 0 Å². The maximum absolute atomic E-state index is 11.8. The van der Waals surface area contributed by atoms with E-state index in [4.69, 9.17) is 5.11 Å². The zero-order chi connectivity index (χ0) is 14.6. The molecular weight excluding hydrogens is 256 g/mol. The number of carboxylic acids is 1. The molecule has 0 spiro atoms. The van der Waals surface area contributed by atoms with Crippen molar-refractivity contribution in [2.45, 2.75) is 63.8 Å². The second-order valence-electron chi connectivity index (χ2n) is 6.54. The van der Waals surface area contributed by atoms with E-state index in [0.29, 0.717) is 25.3 Å². The molecule has 2 aliphatic rings. The van der Waals surface area contributed by atoms with Gasteiger partial charge in [-0.25, -0.2) is 9.59 Å². The third kappa shape index (κ3) is 3.64. The van der Waals surface area contributed by atoms with Gasteiger partial charge in [-0.3, -0.25) is 0 Å². The van der Waals surface area contributed by atoms with Crippen LogP contribution in [0.5, 0.6) is 0 Å². The molecule has 2 fully saturated rings. The molecule has 0 aromatic heterocycles. The molecule has 2 rings (SSSR count). The third-order valence-corrected chi connectivity index (χ3v) is 4.94. The summed E-state index contributed by atoms with van der Waals surface area (Å²) in [5.74, 6) is 0.639. The first-order valence-electron chi connectivity index (χ1n) is 7.81. The van der Waals surface area contributed by atoms with Crippen LogP contribution in [0.3, 0.4) is 0 Å². The van der Waals surface area contributed by atoms with Crippen molar-refractivity contribution >= 4 is 12.0 Å². The maximum Gasteiger partial charge on any atom is 0.329 e. The number of nitrogens with one attached hydrogen (secondary N) is 2. The zero-order valence-electron chi connectivity index (χ0n) is 12.3. The molecule has 0 atom stereocenters. The quantitative estimate of drug-likeness (QED) is 0.725. The molecule has 0 aromatic carbocycles. The van der Waals surface area contributed by atoms with E-state index in [2.05, 4.69) is 17.6 Å². The zero-order valence-corrected chi connectivity index (χ0v) is 12.3. The number of amides is 2. The summed E-state index contributed by atoms with van der Waals surface area (Å²) >= 11 is 0. The number of hydrogen-bond acceptors (Lipinski definition) is 2. The van der Waals surface area contributed by atoms with Crippen LogP contribution in [0.15, 0.2) is 0 Å². The van der Waals surface area contributed by atoms with E-state index in [0.717, 1.165) is 18.8 Å². The van der Waals surface area contributed by atoms with Gasteiger partial charge in [-0.15, -0.1) is 0 Å². The molecular formula is C15H26N2O3. The Hall–Kier alpha value is -1.26. The van der Waals surface area contributed by atoms with E-state index >= 15 is 0 Å². The molecule has 2 aliphatic carbocycles. The van der Waals surface area contributed by atoms with Crippen LogP contribution in [-0.4, -0.2) is 29.2 Å². The topological polar surface area (TPSA) is 78.4 Å². The van der Waals surface area contributed by atoms with Gasteiger partial charge in [-0.2, -0.15) is 0 Å². The molecule has 0 bridgehead atoms. The largest absolute Gasteiger partial charge is 0.480 e. The highest BCUT2D eigenvalue weighted by Crippen LogP contribution is 2.32. The Morgan fingerprint density at radius 3 is 2.35 bits per heavy atom. The lowest BCUT2D eigenvalue weighted by molar-refractivity contribution is -0.148. The first-order chi connectivity index (χ1) is 9.52. The number of carboxylic acid groups (broad SMARTS) is 1. The van der Waals surface area contributed by atoms with E-state index in [9.17, 15) is 9.59 Å². The molecule has 0 aromatic rings. The Balaban J connectivity index is 1.64. The first-order valence-corrected chi connectivity index (χ1v) is 7.81. The van der Waals surface area contributed by atoms with Gasteiger partial charge < -0.3 is 15.7 Å². The minimum atomic E-state index is -1.01. The average molecular weight is 282 g/mol. The van der Waals surface area contributed by atoms with Crippen molar-refractivity contribution in [3.8, 4) is 0 Å². The molecule has 5 heteroatoms. The van der Waals surface area contributed by atoms with Crippen LogP contribution < -0.4 is 10.6 Å². The first kappa shape index (κ1) is 15.1. The van der Waals surface area contributed by atoms with Gasteiger partial charge in [0.1, 0.15) is 5.54 Å². The van der Waals surface area contributed by atoms with Gasteiger partial charge in [-0.05, 0) is 37.5 Å². The molecule has 3 N–H and O–H groups in total. The van der Waals surface area contributed by atoms with Gasteiger partial charge in [-0.1, -0.05) is 32.6 Å². The average Bonchev–Trinajstić information content (AvgIpc) is 2.36. The molecule has 5 nitrogen and oxygen atoms in total. The van der Waals surface area contributed by atoms with Crippen molar-refractivity contribution in [1.29, 1.82) is 0 Å². The molecule has 0 unspecified atom stereocenters. The fourth-order valence-electron chi connectivity index (χ4n) is 3.19. The number of urea groups is 1. The lowest BCUT2D eigenvalue weighted by Gasteiger charge is -2.38. The summed E-state index contributed by atoms with van der Waals surface area (Å²) in [5.41, 5.74) is -1.01. The monoisotopic (exact) mass is 282 g/mol. The molecule has 20 heavy (non-hydrogen) atoms. The van der Waals surface area contributed by atoms with Crippen molar-refractivity contribution in [3.63, 3.8) is 0 Å². The van der Waals surface area contributed by atoms with Gasteiger partial charge in [0.15, 0.2) is 0 Å². The van der Waals surface area contributed by atoms with E-state index in [-0.39, 0.29) is 6.03 Å². The van der Waals surface area contributed by atoms with Crippen LogP contribution in [-0.2, 0) is 4.79 Å². The van der Waals surface area contributed by atoms with Crippen molar-refractivity contribution in [3.05, 3.63) is 0 Å². The minimum Gasteiger partial charge on any atom is -0.480 e. The summed E-state index contributed by atoms with van der Waals surface area (Å²) < 4.78 is 0. The van der Waals surface area contributed by atoms with Gasteiger partial charge in [0.05, 0.1) is 0 Å². The van der Waals surface area contributed by atoms with Crippen LogP contribution in [0.25, 0.3) is 0 Å². The summed E-state index contributed by atoms with van der Waals surface area (Å²) in [6.45, 7) is 2.94. The van der Waals surface area contributed by atoms with Crippen LogP contribution >= 0.6 is 0 Å². The lowest BCUT2D eigenvalue weighted by Crippen LogP contribution is -2.61. The van der Waals surface area contributed by atoms with Crippen LogP contribution in [0.2, 0.25) is 0 Å². The molecule has 2 saturated carbocycles. The van der Waals surface area contributed by atoms with Gasteiger partial charge >= 0.3 is 12.0 Å². The van der Waals surface area contributed by atoms with E-state index in [1.54, 1.807) is 0 Å². The molecule has 2 amide bonds. The second-order valence-corrected chi connectivity index (χ2v) is 6.54. The standard InChI is InChI=1S/C15H26N2O3/c1-11-3-5-12(6-4-11)7-10-16-14(20)17-15(13(18)19)8-2-9-15/h11-12H,2-10H2,1H3,(H,18,19)(H2,16,17,20). The Kier molecular flexibility index (Phi) is 4.89. The highest BCUT2D eigenvalue weighted by Gasteiger charge is 2.45. The SMILES string of the molecule is CC1CCC(CCNC(=O)NC2(C(=O)O)CCC2)CC1. The highest BCUT2D eigenvalue weighted by atomic mass is 16.4. The predicted octanol–water partition coefficient (Wildman–Crippen LogP) is 2.51. The summed E-state index contributed by atoms with van der Waals surface area (Å²) in [6, 6.07) is -0.337. The highest BCUT2D eigenvalue weighted by molar-refractivity contribution is 5.87. The number of carbonyl (C=O) groups is 2. The number of aliphatic carboxylic acids is 1. The van der Waals surface area contributed by atoms with Gasteiger partial charge in [0, 0.05) is 6.54 Å². The second kappa shape index (κ2) is 6.46. The van der Waals surface area contributed by atoms with Crippen LogP contribution in [0, 0.1) is 11.8 Å². The van der Waals surface area contributed by atoms with Crippen LogP contribution in [0.1, 0.15) is 58.3 Å². The minimum absolute atomic E-state index is 0.337. The van der Waals surface area contributed by atoms with Crippen molar-refractivity contribution < 1.29 is 14.7 Å². The molecule has 0 aliphatic heterocycles. The summed E-state index contributed by atoms with van der Waals surface area (Å²) in [5, 5.41) is 14.6. The van der Waals surface area contributed by atoms with Gasteiger partial charge in [0.25, 0.3) is 0 Å². The number of carbonyl (C=O) groups excluding carboxylic acids is 1. The fraction of sp³-hybridized carbons (Fsp3) is 0.867. The third-order valence-electron chi connectivity index (χ3n) is 4.94. The smallest absolute Gasteiger partial charge is 0.329 e. The van der Waals surface area contributed by atoms with E-state index in [1.165, 1.54) is 25.7 Å². The molecule has 0 saturated heterocycles. The summed E-state index contributed by atoms with van der Waals surface area (Å²) in [6.07, 6.45) is 8.03. The molecule has 114 valence electrons. The normalized spacial score (nSPS) is 28.2. The Morgan fingerprint density at radius 2 is 1.85 bits per heavy atom. The van der Waals surface area contributed by atoms with Crippen molar-refractivity contribution in [2.75, 3.05) is 6.54 Å². The maximum atomic E-state index is 11.8. The Bertz CT molecular complexity index is 358. The van der Waals surface area contributed by atoms with Crippen molar-refractivity contribution in [1.82, 2.24) is 10.6 Å². The number of rotatable bonds is 5. The lowest BCUT2D eigenvalue weighted by atomic mass is 9.77. The van der Waals surface area contributed by atoms with Crippen LogP contribution in [0.4, 0.5) is 4.79 Å². The molecule has 0 heterocycles. The van der Waals surface area contributed by atoms with Crippen molar-refractivity contribution in [2.24, 2.45) is 11.8 Å². The summed E-state index contributed by atoms with van der Waals surface area (Å²) in [7, 11) is 0. The molecule has 0 radical (unpaired) electrons. The Labute approximate surface area is 120 Å².